The van der Waals surface area contributed by atoms with Crippen molar-refractivity contribution < 1.29 is 4.42 Å². The minimum atomic E-state index is 0.540. The summed E-state index contributed by atoms with van der Waals surface area (Å²) in [6.07, 6.45) is 0. The topological polar surface area (TPSA) is 68.2 Å². The van der Waals surface area contributed by atoms with Crippen LogP contribution in [0.5, 0.6) is 0 Å². The molecule has 96 valence electrons. The van der Waals surface area contributed by atoms with E-state index >= 15 is 0 Å². The van der Waals surface area contributed by atoms with Crippen LogP contribution in [0.1, 0.15) is 5.89 Å². The second-order valence-corrected chi connectivity index (χ2v) is 4.95. The highest BCUT2D eigenvalue weighted by atomic mass is 79.9. The number of rotatable bonds is 5. The van der Waals surface area contributed by atoms with E-state index in [1.165, 1.54) is 0 Å². The third-order valence-electron chi connectivity index (χ3n) is 2.47. The molecule has 5 nitrogen and oxygen atoms in total. The van der Waals surface area contributed by atoms with E-state index in [1.807, 2.05) is 36.2 Å². The number of likely N-dealkylation sites (N-methyl/N-ethyl adjacent to an activating group) is 1. The molecule has 2 N–H and O–H groups in total. The fourth-order valence-corrected chi connectivity index (χ4v) is 1.82. The van der Waals surface area contributed by atoms with Gasteiger partial charge in [0.2, 0.25) is 11.8 Å². The zero-order valence-electron chi connectivity index (χ0n) is 10.1. The second-order valence-electron chi connectivity index (χ2n) is 4.03. The molecule has 0 spiro atoms. The Morgan fingerprint density at radius 2 is 2.00 bits per heavy atom. The lowest BCUT2D eigenvalue weighted by atomic mass is 10.2. The van der Waals surface area contributed by atoms with Gasteiger partial charge in [-0.15, -0.1) is 10.2 Å². The number of nitrogens with zero attached hydrogens (tertiary/aromatic N) is 3. The maximum Gasteiger partial charge on any atom is 0.247 e. The van der Waals surface area contributed by atoms with Gasteiger partial charge in [0.05, 0.1) is 6.54 Å². The molecular weight excluding hydrogens is 296 g/mol. The average molecular weight is 311 g/mol. The molecule has 2 rings (SSSR count). The first kappa shape index (κ1) is 13.2. The Hall–Kier alpha value is -1.24. The maximum atomic E-state index is 5.61. The fourth-order valence-electron chi connectivity index (χ4n) is 1.56. The van der Waals surface area contributed by atoms with Crippen molar-refractivity contribution in [2.45, 2.75) is 6.54 Å². The average Bonchev–Trinajstić information content (AvgIpc) is 2.78. The predicted octanol–water partition coefficient (Wildman–Crippen LogP) is 1.89. The summed E-state index contributed by atoms with van der Waals surface area (Å²) in [5, 5.41) is 8.07. The van der Waals surface area contributed by atoms with Gasteiger partial charge in [0, 0.05) is 23.1 Å². The number of hydrogen-bond donors (Lipinski definition) is 1. The van der Waals surface area contributed by atoms with Crippen LogP contribution in [-0.2, 0) is 6.54 Å². The van der Waals surface area contributed by atoms with Crippen LogP contribution in [0, 0.1) is 0 Å². The molecule has 1 heterocycles. The smallest absolute Gasteiger partial charge is 0.247 e. The molecule has 1 aromatic heterocycles. The Labute approximate surface area is 114 Å². The molecule has 0 saturated carbocycles. The Bertz CT molecular complexity index is 497. The predicted molar refractivity (Wildman–Crippen MR) is 72.8 cm³/mol. The van der Waals surface area contributed by atoms with Crippen molar-refractivity contribution in [3.8, 4) is 11.5 Å². The van der Waals surface area contributed by atoms with Gasteiger partial charge >= 0.3 is 0 Å². The van der Waals surface area contributed by atoms with Crippen molar-refractivity contribution in [2.24, 2.45) is 5.73 Å². The maximum absolute atomic E-state index is 5.61. The lowest BCUT2D eigenvalue weighted by molar-refractivity contribution is 0.297. The van der Waals surface area contributed by atoms with Crippen LogP contribution in [0.25, 0.3) is 11.5 Å². The molecule has 0 saturated heterocycles. The normalized spacial score (nSPS) is 11.1. The number of benzene rings is 1. The third-order valence-corrected chi connectivity index (χ3v) is 3.00. The quantitative estimate of drug-likeness (QED) is 0.913. The van der Waals surface area contributed by atoms with Crippen molar-refractivity contribution in [1.29, 1.82) is 0 Å². The van der Waals surface area contributed by atoms with Crippen LogP contribution in [0.3, 0.4) is 0 Å². The van der Waals surface area contributed by atoms with Gasteiger partial charge in [-0.1, -0.05) is 15.9 Å². The summed E-state index contributed by atoms with van der Waals surface area (Å²) in [7, 11) is 1.97. The largest absolute Gasteiger partial charge is 0.419 e. The van der Waals surface area contributed by atoms with Crippen LogP contribution in [0.4, 0.5) is 0 Å². The van der Waals surface area contributed by atoms with Crippen molar-refractivity contribution in [3.63, 3.8) is 0 Å². The first-order valence-electron chi connectivity index (χ1n) is 5.66. The number of halogens is 1. The van der Waals surface area contributed by atoms with Gasteiger partial charge in [0.25, 0.3) is 0 Å². The standard InChI is InChI=1S/C12H15BrN4O/c1-17(7-6-14)8-11-15-16-12(18-11)9-2-4-10(13)5-3-9/h2-5H,6-8,14H2,1H3. The van der Waals surface area contributed by atoms with Crippen molar-refractivity contribution in [3.05, 3.63) is 34.6 Å². The molecular formula is C12H15BrN4O. The van der Waals surface area contributed by atoms with Crippen molar-refractivity contribution in [2.75, 3.05) is 20.1 Å². The molecule has 0 aliphatic carbocycles. The molecule has 18 heavy (non-hydrogen) atoms. The fraction of sp³-hybridized carbons (Fsp3) is 0.333. The summed E-state index contributed by atoms with van der Waals surface area (Å²) < 4.78 is 6.63. The Kier molecular flexibility index (Phi) is 4.46. The Morgan fingerprint density at radius 1 is 1.28 bits per heavy atom. The van der Waals surface area contributed by atoms with Gasteiger partial charge in [-0.3, -0.25) is 4.90 Å². The lowest BCUT2D eigenvalue weighted by Gasteiger charge is -2.11. The van der Waals surface area contributed by atoms with E-state index < -0.39 is 0 Å². The van der Waals surface area contributed by atoms with Gasteiger partial charge in [0.1, 0.15) is 0 Å². The minimum Gasteiger partial charge on any atom is -0.419 e. The van der Waals surface area contributed by atoms with Crippen molar-refractivity contribution in [1.82, 2.24) is 15.1 Å². The molecule has 0 radical (unpaired) electrons. The van der Waals surface area contributed by atoms with E-state index in [9.17, 15) is 0 Å². The monoisotopic (exact) mass is 310 g/mol. The highest BCUT2D eigenvalue weighted by Gasteiger charge is 2.10. The highest BCUT2D eigenvalue weighted by molar-refractivity contribution is 9.10. The molecule has 1 aromatic carbocycles. The van der Waals surface area contributed by atoms with Crippen LogP contribution in [0.15, 0.2) is 33.2 Å². The molecule has 0 aliphatic heterocycles. The van der Waals surface area contributed by atoms with Gasteiger partial charge < -0.3 is 10.2 Å². The van der Waals surface area contributed by atoms with Crippen LogP contribution in [-0.4, -0.2) is 35.2 Å². The van der Waals surface area contributed by atoms with Crippen molar-refractivity contribution >= 4 is 15.9 Å². The van der Waals surface area contributed by atoms with Gasteiger partial charge in [-0.05, 0) is 31.3 Å². The summed E-state index contributed by atoms with van der Waals surface area (Å²) in [5.74, 6) is 1.14. The van der Waals surface area contributed by atoms with Gasteiger partial charge in [-0.25, -0.2) is 0 Å². The van der Waals surface area contributed by atoms with Crippen LogP contribution >= 0.6 is 15.9 Å². The lowest BCUT2D eigenvalue weighted by Crippen LogP contribution is -2.25. The summed E-state index contributed by atoms with van der Waals surface area (Å²) in [5.41, 5.74) is 6.40. The Morgan fingerprint density at radius 3 is 2.67 bits per heavy atom. The summed E-state index contributed by atoms with van der Waals surface area (Å²) in [6, 6.07) is 7.76. The van der Waals surface area contributed by atoms with E-state index in [2.05, 4.69) is 26.1 Å². The van der Waals surface area contributed by atoms with E-state index in [-0.39, 0.29) is 0 Å². The van der Waals surface area contributed by atoms with E-state index in [1.54, 1.807) is 0 Å². The van der Waals surface area contributed by atoms with E-state index in [0.717, 1.165) is 16.6 Å². The number of nitrogens with two attached hydrogens (primary N) is 1. The molecule has 0 bridgehead atoms. The molecule has 0 fully saturated rings. The van der Waals surface area contributed by atoms with E-state index in [4.69, 9.17) is 10.2 Å². The van der Waals surface area contributed by atoms with E-state index in [0.29, 0.717) is 24.9 Å². The SMILES string of the molecule is CN(CCN)Cc1nnc(-c2ccc(Br)cc2)o1. The molecule has 0 amide bonds. The molecule has 2 aromatic rings. The highest BCUT2D eigenvalue weighted by Crippen LogP contribution is 2.20. The Balaban J connectivity index is 2.08. The van der Waals surface area contributed by atoms with Crippen LogP contribution < -0.4 is 5.73 Å². The summed E-state index contributed by atoms with van der Waals surface area (Å²) in [6.45, 7) is 2.03. The van der Waals surface area contributed by atoms with Gasteiger partial charge in [0.15, 0.2) is 0 Å². The zero-order valence-corrected chi connectivity index (χ0v) is 11.7. The molecule has 6 heteroatoms. The summed E-state index contributed by atoms with van der Waals surface area (Å²) in [4.78, 5) is 2.04. The molecule has 0 aliphatic rings. The number of hydrogen-bond acceptors (Lipinski definition) is 5. The third kappa shape index (κ3) is 3.38. The first-order valence-corrected chi connectivity index (χ1v) is 6.45. The minimum absolute atomic E-state index is 0.540. The zero-order chi connectivity index (χ0) is 13.0. The first-order chi connectivity index (χ1) is 8.69. The molecule has 0 atom stereocenters. The van der Waals surface area contributed by atoms with Crippen LogP contribution in [0.2, 0.25) is 0 Å². The van der Waals surface area contributed by atoms with Gasteiger partial charge in [-0.2, -0.15) is 0 Å². The number of aromatic nitrogens is 2. The second kappa shape index (κ2) is 6.08. The molecule has 0 unspecified atom stereocenters. The summed E-state index contributed by atoms with van der Waals surface area (Å²) >= 11 is 3.39.